The van der Waals surface area contributed by atoms with Crippen LogP contribution < -0.4 is 5.32 Å². The largest absolute Gasteiger partial charge is 0.394 e. The predicted molar refractivity (Wildman–Crippen MR) is 295 cm³/mol. The molecule has 412 valence electrons. The van der Waals surface area contributed by atoms with Gasteiger partial charge in [0.15, 0.2) is 6.29 Å². The topological polar surface area (TPSA) is 149 Å². The number of carbonyl (C=O) groups excluding carboxylic acids is 1. The van der Waals surface area contributed by atoms with Crippen molar-refractivity contribution in [3.8, 4) is 0 Å². The van der Waals surface area contributed by atoms with Crippen LogP contribution in [0.5, 0.6) is 0 Å². The molecular formula is C61H115NO8. The molecule has 1 aliphatic rings. The minimum atomic E-state index is -1.57. The number of allylic oxidation sites excluding steroid dienone is 5. The lowest BCUT2D eigenvalue weighted by Crippen LogP contribution is -2.60. The summed E-state index contributed by atoms with van der Waals surface area (Å²) in [6, 6.07) is -0.812. The molecule has 0 aromatic heterocycles. The molecule has 1 aliphatic heterocycles. The molecule has 1 rings (SSSR count). The molecule has 0 bridgehead atoms. The van der Waals surface area contributed by atoms with Gasteiger partial charge in [-0.05, 0) is 44.9 Å². The summed E-state index contributed by atoms with van der Waals surface area (Å²) < 4.78 is 11.3. The fourth-order valence-corrected chi connectivity index (χ4v) is 9.65. The number of hydrogen-bond donors (Lipinski definition) is 6. The molecule has 6 N–H and O–H groups in total. The second-order valence-electron chi connectivity index (χ2n) is 21.1. The molecule has 9 nitrogen and oxygen atoms in total. The predicted octanol–water partition coefficient (Wildman–Crippen LogP) is 15.1. The minimum Gasteiger partial charge on any atom is -0.394 e. The smallest absolute Gasteiger partial charge is 0.220 e. The average molecular weight is 991 g/mol. The van der Waals surface area contributed by atoms with Crippen molar-refractivity contribution in [2.45, 2.75) is 333 Å². The Hall–Kier alpha value is -1.59. The van der Waals surface area contributed by atoms with Gasteiger partial charge in [0.1, 0.15) is 24.4 Å². The Morgan fingerprint density at radius 2 is 0.857 bits per heavy atom. The van der Waals surface area contributed by atoms with Crippen LogP contribution in [0.1, 0.15) is 290 Å². The molecule has 0 radical (unpaired) electrons. The molecule has 0 aromatic carbocycles. The fourth-order valence-electron chi connectivity index (χ4n) is 9.65. The van der Waals surface area contributed by atoms with Crippen LogP contribution in [0, 0.1) is 0 Å². The number of ether oxygens (including phenoxy) is 2. The summed E-state index contributed by atoms with van der Waals surface area (Å²) in [7, 11) is 0. The number of rotatable bonds is 52. The van der Waals surface area contributed by atoms with E-state index in [1.54, 1.807) is 6.08 Å². The maximum atomic E-state index is 13.0. The van der Waals surface area contributed by atoms with Crippen LogP contribution in [0.4, 0.5) is 0 Å². The van der Waals surface area contributed by atoms with Crippen molar-refractivity contribution in [1.82, 2.24) is 5.32 Å². The van der Waals surface area contributed by atoms with E-state index in [1.165, 1.54) is 199 Å². The molecule has 0 spiro atoms. The lowest BCUT2D eigenvalue weighted by molar-refractivity contribution is -0.302. The second-order valence-corrected chi connectivity index (χ2v) is 21.1. The molecule has 1 heterocycles. The van der Waals surface area contributed by atoms with Crippen molar-refractivity contribution in [2.24, 2.45) is 0 Å². The molecule has 1 amide bonds. The number of hydrogen-bond acceptors (Lipinski definition) is 8. The van der Waals surface area contributed by atoms with Gasteiger partial charge in [-0.2, -0.15) is 0 Å². The van der Waals surface area contributed by atoms with E-state index in [-0.39, 0.29) is 12.5 Å². The van der Waals surface area contributed by atoms with Crippen LogP contribution in [0.15, 0.2) is 36.5 Å². The third kappa shape index (κ3) is 39.9. The van der Waals surface area contributed by atoms with Crippen LogP contribution in [-0.4, -0.2) is 87.5 Å². The van der Waals surface area contributed by atoms with E-state index in [0.29, 0.717) is 6.42 Å². The third-order valence-corrected chi connectivity index (χ3v) is 14.5. The highest BCUT2D eigenvalue weighted by Crippen LogP contribution is 2.23. The van der Waals surface area contributed by atoms with Gasteiger partial charge in [0.2, 0.25) is 5.91 Å². The number of nitrogens with one attached hydrogen (secondary N) is 1. The van der Waals surface area contributed by atoms with Crippen molar-refractivity contribution in [3.05, 3.63) is 36.5 Å². The maximum Gasteiger partial charge on any atom is 0.220 e. The van der Waals surface area contributed by atoms with Gasteiger partial charge >= 0.3 is 0 Å². The van der Waals surface area contributed by atoms with Crippen molar-refractivity contribution < 1.29 is 39.8 Å². The Morgan fingerprint density at radius 3 is 1.27 bits per heavy atom. The zero-order chi connectivity index (χ0) is 50.8. The van der Waals surface area contributed by atoms with Crippen molar-refractivity contribution in [3.63, 3.8) is 0 Å². The first-order valence-electron chi connectivity index (χ1n) is 30.2. The Morgan fingerprint density at radius 1 is 0.486 bits per heavy atom. The first-order chi connectivity index (χ1) is 34.3. The lowest BCUT2D eigenvalue weighted by atomic mass is 9.99. The normalized spacial score (nSPS) is 19.6. The summed E-state index contributed by atoms with van der Waals surface area (Å²) >= 11 is 0. The Balaban J connectivity index is 2.13. The van der Waals surface area contributed by atoms with Gasteiger partial charge in [-0.15, -0.1) is 0 Å². The highest BCUT2D eigenvalue weighted by Gasteiger charge is 2.44. The first kappa shape index (κ1) is 66.4. The van der Waals surface area contributed by atoms with E-state index < -0.39 is 49.5 Å². The van der Waals surface area contributed by atoms with Crippen LogP contribution in [-0.2, 0) is 14.3 Å². The van der Waals surface area contributed by atoms with Crippen LogP contribution in [0.3, 0.4) is 0 Å². The molecule has 1 saturated heterocycles. The Bertz CT molecular complexity index is 1190. The molecule has 7 unspecified atom stereocenters. The zero-order valence-electron chi connectivity index (χ0n) is 45.8. The fraction of sp³-hybridized carbons (Fsp3) is 0.885. The molecule has 0 aliphatic carbocycles. The molecule has 70 heavy (non-hydrogen) atoms. The van der Waals surface area contributed by atoms with Crippen molar-refractivity contribution in [1.29, 1.82) is 0 Å². The highest BCUT2D eigenvalue weighted by molar-refractivity contribution is 5.76. The molecular weight excluding hydrogens is 875 g/mol. The molecule has 0 saturated carbocycles. The van der Waals surface area contributed by atoms with E-state index in [2.05, 4.69) is 43.5 Å². The first-order valence-corrected chi connectivity index (χ1v) is 30.2. The monoisotopic (exact) mass is 990 g/mol. The van der Waals surface area contributed by atoms with Gasteiger partial charge in [-0.3, -0.25) is 4.79 Å². The molecule has 1 fully saturated rings. The maximum absolute atomic E-state index is 13.0. The Labute approximate surface area is 431 Å². The summed E-state index contributed by atoms with van der Waals surface area (Å²) in [5.74, 6) is -0.189. The van der Waals surface area contributed by atoms with Crippen LogP contribution in [0.2, 0.25) is 0 Å². The summed E-state index contributed by atoms with van der Waals surface area (Å²) in [6.45, 7) is 3.75. The second kappa shape index (κ2) is 50.9. The summed E-state index contributed by atoms with van der Waals surface area (Å²) in [5, 5.41) is 54.5. The van der Waals surface area contributed by atoms with Crippen LogP contribution in [0.25, 0.3) is 0 Å². The number of carbonyl (C=O) groups is 1. The van der Waals surface area contributed by atoms with Gasteiger partial charge < -0.3 is 40.3 Å². The van der Waals surface area contributed by atoms with E-state index in [9.17, 15) is 30.3 Å². The third-order valence-electron chi connectivity index (χ3n) is 14.5. The minimum absolute atomic E-state index is 0.189. The molecule has 0 aromatic rings. The van der Waals surface area contributed by atoms with Gasteiger partial charge in [0, 0.05) is 6.42 Å². The highest BCUT2D eigenvalue weighted by atomic mass is 16.7. The summed E-state index contributed by atoms with van der Waals surface area (Å²) in [4.78, 5) is 13.0. The lowest BCUT2D eigenvalue weighted by Gasteiger charge is -2.40. The van der Waals surface area contributed by atoms with Gasteiger partial charge in [0.25, 0.3) is 0 Å². The van der Waals surface area contributed by atoms with Crippen molar-refractivity contribution >= 4 is 5.91 Å². The summed E-state index contributed by atoms with van der Waals surface area (Å²) in [6.07, 6.45) is 59.5. The van der Waals surface area contributed by atoms with E-state index >= 15 is 0 Å². The van der Waals surface area contributed by atoms with E-state index in [4.69, 9.17) is 9.47 Å². The average Bonchev–Trinajstić information content (AvgIpc) is 3.36. The van der Waals surface area contributed by atoms with Gasteiger partial charge in [-0.1, -0.05) is 275 Å². The Kier molecular flexibility index (Phi) is 48.3. The molecule has 7 atom stereocenters. The number of amides is 1. The number of unbranched alkanes of at least 4 members (excludes halogenated alkanes) is 38. The van der Waals surface area contributed by atoms with Gasteiger partial charge in [0.05, 0.1) is 25.4 Å². The SMILES string of the molecule is CCCC/C=C\C/C=C\CCCCCCCC(=O)NC(COC1OC(CO)C(O)C(O)C1O)C(O)/C=C/CCCCCCCCCCCCCCCCCCCCCCCCCCCCCCCCC. The van der Waals surface area contributed by atoms with E-state index in [0.717, 1.165) is 70.6 Å². The number of aliphatic hydroxyl groups excluding tert-OH is 5. The van der Waals surface area contributed by atoms with Crippen LogP contribution >= 0.6 is 0 Å². The van der Waals surface area contributed by atoms with E-state index in [1.807, 2.05) is 6.08 Å². The standard InChI is InChI=1S/C61H115NO8/c1-3-5-7-9-11-13-15-17-19-20-21-22-23-24-25-26-27-28-29-30-31-32-33-34-35-36-37-38-40-42-44-46-48-50-55(64)54(53-69-61-60(68)59(67)58(66)56(52-63)70-61)62-57(65)51-49-47-45-43-41-39-18-16-14-12-10-8-6-4-2/h10,12,16,18,48,50,54-56,58-61,63-64,66-68H,3-9,11,13-15,17,19-47,49,51-53H2,1-2H3,(H,62,65)/b12-10-,18-16-,50-48+. The van der Waals surface area contributed by atoms with Gasteiger partial charge in [-0.25, -0.2) is 0 Å². The molecule has 9 heteroatoms. The van der Waals surface area contributed by atoms with Crippen molar-refractivity contribution in [2.75, 3.05) is 13.2 Å². The zero-order valence-corrected chi connectivity index (χ0v) is 45.8. The number of aliphatic hydroxyl groups is 5. The quantitative estimate of drug-likeness (QED) is 0.0261. The summed E-state index contributed by atoms with van der Waals surface area (Å²) in [5.41, 5.74) is 0.